The second kappa shape index (κ2) is 5.64. The molecule has 2 amide bonds. The molecular weight excluding hydrogens is 332 g/mol. The molecule has 2 unspecified atom stereocenters. The quantitative estimate of drug-likeness (QED) is 0.579. The highest BCUT2D eigenvalue weighted by Crippen LogP contribution is 2.43. The summed E-state index contributed by atoms with van der Waals surface area (Å²) in [6.07, 6.45) is -1.09. The molecule has 124 valence electrons. The van der Waals surface area contributed by atoms with E-state index in [4.69, 9.17) is 4.74 Å². The van der Waals surface area contributed by atoms with E-state index in [2.05, 4.69) is 5.32 Å². The SMILES string of the molecule is O=C(Cc1ccccc1)NC1C(=O)N2C3=C(CS[C@H]12)C(O)OC3=O. The Balaban J connectivity index is 1.45. The van der Waals surface area contributed by atoms with Crippen molar-refractivity contribution in [2.24, 2.45) is 0 Å². The molecule has 0 radical (unpaired) electrons. The molecule has 0 bridgehead atoms. The Bertz CT molecular complexity index is 763. The molecule has 1 aromatic rings. The summed E-state index contributed by atoms with van der Waals surface area (Å²) in [5.74, 6) is -0.896. The minimum atomic E-state index is -1.28. The smallest absolute Gasteiger partial charge is 0.357 e. The van der Waals surface area contributed by atoms with Crippen LogP contribution in [-0.4, -0.2) is 51.2 Å². The molecule has 24 heavy (non-hydrogen) atoms. The zero-order valence-corrected chi connectivity index (χ0v) is 13.3. The summed E-state index contributed by atoms with van der Waals surface area (Å²) in [7, 11) is 0. The number of benzene rings is 1. The van der Waals surface area contributed by atoms with Crippen molar-refractivity contribution in [3.8, 4) is 0 Å². The normalized spacial score (nSPS) is 28.0. The first kappa shape index (κ1) is 15.2. The minimum Gasteiger partial charge on any atom is -0.427 e. The van der Waals surface area contributed by atoms with E-state index >= 15 is 0 Å². The number of thioether (sulfide) groups is 1. The summed E-state index contributed by atoms with van der Waals surface area (Å²) < 4.78 is 4.75. The fourth-order valence-corrected chi connectivity index (χ4v) is 4.42. The van der Waals surface area contributed by atoms with Crippen LogP contribution < -0.4 is 5.32 Å². The van der Waals surface area contributed by atoms with Crippen LogP contribution in [0.2, 0.25) is 0 Å². The number of nitrogens with one attached hydrogen (secondary N) is 1. The van der Waals surface area contributed by atoms with Gasteiger partial charge in [0.2, 0.25) is 12.2 Å². The van der Waals surface area contributed by atoms with Crippen LogP contribution in [0.3, 0.4) is 0 Å². The van der Waals surface area contributed by atoms with Gasteiger partial charge in [-0.25, -0.2) is 4.79 Å². The van der Waals surface area contributed by atoms with Crippen molar-refractivity contribution in [3.05, 3.63) is 47.2 Å². The molecule has 0 aliphatic carbocycles. The molecule has 2 N–H and O–H groups in total. The van der Waals surface area contributed by atoms with Crippen molar-refractivity contribution in [2.45, 2.75) is 24.1 Å². The van der Waals surface area contributed by atoms with E-state index < -0.39 is 18.3 Å². The number of carbonyl (C=O) groups is 3. The number of rotatable bonds is 3. The maximum atomic E-state index is 12.4. The Labute approximate surface area is 141 Å². The number of fused-ring (bicyclic) bond motifs is 2. The van der Waals surface area contributed by atoms with Crippen LogP contribution in [0.1, 0.15) is 5.56 Å². The van der Waals surface area contributed by atoms with Gasteiger partial charge in [-0.1, -0.05) is 30.3 Å². The van der Waals surface area contributed by atoms with E-state index in [0.717, 1.165) is 5.56 Å². The lowest BCUT2D eigenvalue weighted by atomic mass is 10.0. The van der Waals surface area contributed by atoms with Crippen LogP contribution in [0.25, 0.3) is 0 Å². The lowest BCUT2D eigenvalue weighted by molar-refractivity contribution is -0.157. The third-order valence-corrected chi connectivity index (χ3v) is 5.53. The fraction of sp³-hybridized carbons (Fsp3) is 0.312. The summed E-state index contributed by atoms with van der Waals surface area (Å²) in [6, 6.07) is 8.59. The van der Waals surface area contributed by atoms with Crippen molar-refractivity contribution < 1.29 is 24.2 Å². The van der Waals surface area contributed by atoms with Gasteiger partial charge in [0.05, 0.1) is 6.42 Å². The molecule has 1 aromatic carbocycles. The first-order chi connectivity index (χ1) is 11.6. The number of aliphatic hydroxyl groups excluding tert-OH is 1. The number of carbonyl (C=O) groups excluding carboxylic acids is 3. The van der Waals surface area contributed by atoms with Gasteiger partial charge in [0.25, 0.3) is 5.91 Å². The Kier molecular flexibility index (Phi) is 3.58. The first-order valence-corrected chi connectivity index (χ1v) is 8.51. The van der Waals surface area contributed by atoms with Gasteiger partial charge in [0.15, 0.2) is 0 Å². The number of esters is 1. The van der Waals surface area contributed by atoms with E-state index in [1.165, 1.54) is 16.7 Å². The van der Waals surface area contributed by atoms with E-state index in [9.17, 15) is 19.5 Å². The summed E-state index contributed by atoms with van der Waals surface area (Å²) in [5, 5.41) is 12.1. The van der Waals surface area contributed by atoms with Gasteiger partial charge in [-0.2, -0.15) is 0 Å². The predicted molar refractivity (Wildman–Crippen MR) is 84.3 cm³/mol. The zero-order valence-electron chi connectivity index (χ0n) is 12.5. The number of aliphatic hydroxyl groups is 1. The molecule has 1 saturated heterocycles. The van der Waals surface area contributed by atoms with E-state index in [0.29, 0.717) is 11.3 Å². The maximum absolute atomic E-state index is 12.4. The molecule has 8 heteroatoms. The van der Waals surface area contributed by atoms with Crippen LogP contribution in [-0.2, 0) is 25.5 Å². The second-order valence-electron chi connectivity index (χ2n) is 5.75. The molecule has 0 aromatic heterocycles. The fourth-order valence-electron chi connectivity index (χ4n) is 3.06. The second-order valence-corrected chi connectivity index (χ2v) is 6.85. The van der Waals surface area contributed by atoms with Gasteiger partial charge < -0.3 is 15.2 Å². The maximum Gasteiger partial charge on any atom is 0.357 e. The molecule has 7 nitrogen and oxygen atoms in total. The third kappa shape index (κ3) is 2.30. The van der Waals surface area contributed by atoms with Gasteiger partial charge in [0.1, 0.15) is 17.1 Å². The summed E-state index contributed by atoms with van der Waals surface area (Å²) >= 11 is 1.40. The Morgan fingerprint density at radius 3 is 2.83 bits per heavy atom. The average molecular weight is 346 g/mol. The molecule has 3 aliphatic rings. The lowest BCUT2D eigenvalue weighted by Crippen LogP contribution is -2.70. The average Bonchev–Trinajstić information content (AvgIpc) is 2.86. The van der Waals surface area contributed by atoms with E-state index in [1.807, 2.05) is 30.3 Å². The Hall–Kier alpha value is -2.32. The van der Waals surface area contributed by atoms with Crippen molar-refractivity contribution in [3.63, 3.8) is 0 Å². The van der Waals surface area contributed by atoms with E-state index in [1.54, 1.807) is 0 Å². The number of hydrogen-bond donors (Lipinski definition) is 2. The number of nitrogens with zero attached hydrogens (tertiary/aromatic N) is 1. The Morgan fingerprint density at radius 2 is 2.08 bits per heavy atom. The third-order valence-electron chi connectivity index (χ3n) is 4.23. The number of hydrogen-bond acceptors (Lipinski definition) is 6. The van der Waals surface area contributed by atoms with Crippen molar-refractivity contribution in [2.75, 3.05) is 5.75 Å². The highest BCUT2D eigenvalue weighted by atomic mass is 32.2. The molecule has 1 fully saturated rings. The van der Waals surface area contributed by atoms with Crippen molar-refractivity contribution >= 4 is 29.5 Å². The Morgan fingerprint density at radius 1 is 1.33 bits per heavy atom. The van der Waals surface area contributed by atoms with Gasteiger partial charge in [-0.05, 0) is 5.56 Å². The zero-order chi connectivity index (χ0) is 16.8. The van der Waals surface area contributed by atoms with Gasteiger partial charge in [-0.3, -0.25) is 14.5 Å². The number of cyclic esters (lactones) is 1. The summed E-state index contributed by atoms with van der Waals surface area (Å²) in [6.45, 7) is 0. The number of ether oxygens (including phenoxy) is 1. The highest BCUT2D eigenvalue weighted by molar-refractivity contribution is 8.00. The summed E-state index contributed by atoms with van der Waals surface area (Å²) in [5.41, 5.74) is 1.41. The number of amides is 2. The monoisotopic (exact) mass is 346 g/mol. The predicted octanol–water partition coefficient (Wildman–Crippen LogP) is -0.242. The topological polar surface area (TPSA) is 95.9 Å². The molecule has 3 aliphatic heterocycles. The van der Waals surface area contributed by atoms with Crippen LogP contribution >= 0.6 is 11.8 Å². The molecular formula is C16H14N2O5S. The molecule has 4 rings (SSSR count). The molecule has 3 heterocycles. The van der Waals surface area contributed by atoms with Crippen molar-refractivity contribution in [1.82, 2.24) is 10.2 Å². The van der Waals surface area contributed by atoms with E-state index in [-0.39, 0.29) is 29.3 Å². The largest absolute Gasteiger partial charge is 0.427 e. The first-order valence-electron chi connectivity index (χ1n) is 7.46. The van der Waals surface area contributed by atoms with Crippen LogP contribution in [0.15, 0.2) is 41.6 Å². The van der Waals surface area contributed by atoms with Crippen molar-refractivity contribution in [1.29, 1.82) is 0 Å². The molecule has 0 saturated carbocycles. The number of β-lactam (4-membered cyclic amide) rings is 1. The standard InChI is InChI=1S/C16H14N2O5S/c19-10(6-8-4-2-1-3-5-8)17-11-13(20)18-12-9(7-24-14(11)18)15(21)23-16(12)22/h1-5,11,14-15,21H,6-7H2,(H,17,19)/t11?,14-,15?/m1/s1. The minimum absolute atomic E-state index is 0.129. The molecule has 3 atom stereocenters. The van der Waals surface area contributed by atoms with Gasteiger partial charge >= 0.3 is 5.97 Å². The van der Waals surface area contributed by atoms with Gasteiger partial charge in [-0.15, -0.1) is 11.8 Å². The van der Waals surface area contributed by atoms with Crippen LogP contribution in [0.4, 0.5) is 0 Å². The summed E-state index contributed by atoms with van der Waals surface area (Å²) in [4.78, 5) is 37.6. The van der Waals surface area contributed by atoms with Gasteiger partial charge in [0, 0.05) is 11.3 Å². The van der Waals surface area contributed by atoms with Crippen LogP contribution in [0.5, 0.6) is 0 Å². The molecule has 0 spiro atoms. The lowest BCUT2D eigenvalue weighted by Gasteiger charge is -2.48. The van der Waals surface area contributed by atoms with Crippen LogP contribution in [0, 0.1) is 0 Å². The highest BCUT2D eigenvalue weighted by Gasteiger charge is 2.57.